The highest BCUT2D eigenvalue weighted by molar-refractivity contribution is 5.37. The van der Waals surface area contributed by atoms with Gasteiger partial charge in [0.25, 0.3) is 0 Å². The Morgan fingerprint density at radius 2 is 2.50 bits per heavy atom. The van der Waals surface area contributed by atoms with Crippen LogP contribution in [0, 0.1) is 0 Å². The van der Waals surface area contributed by atoms with Gasteiger partial charge in [0, 0.05) is 25.3 Å². The maximum absolute atomic E-state index is 4.12. The van der Waals surface area contributed by atoms with E-state index in [9.17, 15) is 0 Å². The summed E-state index contributed by atoms with van der Waals surface area (Å²) in [7, 11) is 2.02. The first kappa shape index (κ1) is 9.40. The van der Waals surface area contributed by atoms with E-state index in [1.54, 1.807) is 6.20 Å². The third kappa shape index (κ3) is 2.01. The smallest absolute Gasteiger partial charge is 0.151 e. The highest BCUT2D eigenvalue weighted by Gasteiger charge is 2.19. The van der Waals surface area contributed by atoms with Gasteiger partial charge in [0.05, 0.1) is 0 Å². The lowest BCUT2D eigenvalue weighted by Gasteiger charge is -2.32. The van der Waals surface area contributed by atoms with E-state index < -0.39 is 0 Å². The molecule has 1 aliphatic rings. The Kier molecular flexibility index (Phi) is 2.93. The van der Waals surface area contributed by atoms with Crippen molar-refractivity contribution in [3.8, 4) is 0 Å². The van der Waals surface area contributed by atoms with Crippen molar-refractivity contribution in [1.82, 2.24) is 15.5 Å². The van der Waals surface area contributed by atoms with Crippen LogP contribution in [0.25, 0.3) is 0 Å². The number of aromatic nitrogens is 2. The maximum Gasteiger partial charge on any atom is 0.151 e. The molecule has 76 valence electrons. The van der Waals surface area contributed by atoms with Gasteiger partial charge in [-0.15, -0.1) is 5.10 Å². The van der Waals surface area contributed by atoms with E-state index in [-0.39, 0.29) is 0 Å². The minimum atomic E-state index is 0.589. The van der Waals surface area contributed by atoms with Crippen molar-refractivity contribution in [2.75, 3.05) is 25.0 Å². The van der Waals surface area contributed by atoms with E-state index in [1.165, 1.54) is 12.8 Å². The standard InChI is InChI=1S/C10H16N4/c1-11-9-4-3-7-14(8-9)10-5-2-6-12-13-10/h2,5-6,9,11H,3-4,7-8H2,1H3. The number of piperidine rings is 1. The first-order valence-electron chi connectivity index (χ1n) is 5.10. The summed E-state index contributed by atoms with van der Waals surface area (Å²) in [5, 5.41) is 11.3. The molecule has 1 aliphatic heterocycles. The number of rotatable bonds is 2. The van der Waals surface area contributed by atoms with Crippen LogP contribution in [0.15, 0.2) is 18.3 Å². The van der Waals surface area contributed by atoms with Gasteiger partial charge in [-0.2, -0.15) is 5.10 Å². The number of hydrogen-bond acceptors (Lipinski definition) is 4. The molecule has 1 N–H and O–H groups in total. The van der Waals surface area contributed by atoms with E-state index in [0.29, 0.717) is 6.04 Å². The van der Waals surface area contributed by atoms with Gasteiger partial charge < -0.3 is 10.2 Å². The molecule has 0 aromatic carbocycles. The average Bonchev–Trinajstić information content (AvgIpc) is 2.30. The van der Waals surface area contributed by atoms with Crippen molar-refractivity contribution in [1.29, 1.82) is 0 Å². The summed E-state index contributed by atoms with van der Waals surface area (Å²) in [6.45, 7) is 2.13. The molecule has 0 amide bonds. The summed E-state index contributed by atoms with van der Waals surface area (Å²) in [4.78, 5) is 2.29. The fourth-order valence-electron chi connectivity index (χ4n) is 1.88. The number of nitrogens with zero attached hydrogens (tertiary/aromatic N) is 3. The minimum Gasteiger partial charge on any atom is -0.354 e. The molecule has 2 heterocycles. The van der Waals surface area contributed by atoms with Crippen molar-refractivity contribution in [3.05, 3.63) is 18.3 Å². The van der Waals surface area contributed by atoms with E-state index in [0.717, 1.165) is 18.9 Å². The fourth-order valence-corrected chi connectivity index (χ4v) is 1.88. The minimum absolute atomic E-state index is 0.589. The molecule has 2 rings (SSSR count). The summed E-state index contributed by atoms with van der Waals surface area (Å²) in [5.74, 6) is 0.993. The molecular formula is C10H16N4. The molecule has 1 aromatic heterocycles. The quantitative estimate of drug-likeness (QED) is 0.747. The van der Waals surface area contributed by atoms with Gasteiger partial charge in [-0.25, -0.2) is 0 Å². The molecule has 0 saturated carbocycles. The SMILES string of the molecule is CNC1CCCN(c2cccnn2)C1. The monoisotopic (exact) mass is 192 g/mol. The average molecular weight is 192 g/mol. The molecule has 0 spiro atoms. The van der Waals surface area contributed by atoms with Gasteiger partial charge in [0.15, 0.2) is 5.82 Å². The van der Waals surface area contributed by atoms with Crippen LogP contribution in [0.2, 0.25) is 0 Å². The normalized spacial score (nSPS) is 22.4. The van der Waals surface area contributed by atoms with Crippen LogP contribution in [0.4, 0.5) is 5.82 Å². The van der Waals surface area contributed by atoms with Gasteiger partial charge in [0.1, 0.15) is 0 Å². The summed E-state index contributed by atoms with van der Waals surface area (Å²) < 4.78 is 0. The number of hydrogen-bond donors (Lipinski definition) is 1. The second-order valence-corrected chi connectivity index (χ2v) is 3.66. The second kappa shape index (κ2) is 4.37. The zero-order valence-electron chi connectivity index (χ0n) is 8.48. The second-order valence-electron chi connectivity index (χ2n) is 3.66. The van der Waals surface area contributed by atoms with Crippen LogP contribution >= 0.6 is 0 Å². The molecule has 14 heavy (non-hydrogen) atoms. The van der Waals surface area contributed by atoms with Gasteiger partial charge in [0.2, 0.25) is 0 Å². The molecule has 1 atom stereocenters. The molecule has 0 aliphatic carbocycles. The fraction of sp³-hybridized carbons (Fsp3) is 0.600. The highest BCUT2D eigenvalue weighted by Crippen LogP contribution is 2.16. The Bertz CT molecular complexity index is 275. The Morgan fingerprint density at radius 1 is 1.57 bits per heavy atom. The predicted octanol–water partition coefficient (Wildman–Crippen LogP) is 0.665. The molecule has 1 fully saturated rings. The molecular weight excluding hydrogens is 176 g/mol. The zero-order valence-corrected chi connectivity index (χ0v) is 8.48. The van der Waals surface area contributed by atoms with Crippen molar-refractivity contribution < 1.29 is 0 Å². The third-order valence-electron chi connectivity index (χ3n) is 2.71. The number of likely N-dealkylation sites (N-methyl/N-ethyl adjacent to an activating group) is 1. The van der Waals surface area contributed by atoms with E-state index >= 15 is 0 Å². The van der Waals surface area contributed by atoms with Crippen LogP contribution < -0.4 is 10.2 Å². The lowest BCUT2D eigenvalue weighted by Crippen LogP contribution is -2.44. The highest BCUT2D eigenvalue weighted by atomic mass is 15.3. The molecule has 1 saturated heterocycles. The van der Waals surface area contributed by atoms with Crippen LogP contribution in [0.1, 0.15) is 12.8 Å². The Hall–Kier alpha value is -1.16. The molecule has 0 radical (unpaired) electrons. The number of nitrogens with one attached hydrogen (secondary N) is 1. The summed E-state index contributed by atoms with van der Waals surface area (Å²) in [6.07, 6.45) is 4.19. The van der Waals surface area contributed by atoms with Crippen molar-refractivity contribution in [2.24, 2.45) is 0 Å². The molecule has 4 nitrogen and oxygen atoms in total. The summed E-state index contributed by atoms with van der Waals surface area (Å²) >= 11 is 0. The Balaban J connectivity index is 2.04. The molecule has 4 heteroatoms. The third-order valence-corrected chi connectivity index (χ3v) is 2.71. The summed E-state index contributed by atoms with van der Waals surface area (Å²) in [6, 6.07) is 4.54. The Labute approximate surface area is 84.3 Å². The molecule has 0 bridgehead atoms. The van der Waals surface area contributed by atoms with Crippen molar-refractivity contribution in [2.45, 2.75) is 18.9 Å². The lowest BCUT2D eigenvalue weighted by molar-refractivity contribution is 0.447. The largest absolute Gasteiger partial charge is 0.354 e. The van der Waals surface area contributed by atoms with Crippen molar-refractivity contribution >= 4 is 5.82 Å². The predicted molar refractivity (Wildman–Crippen MR) is 56.3 cm³/mol. The Morgan fingerprint density at radius 3 is 3.21 bits per heavy atom. The number of anilines is 1. The topological polar surface area (TPSA) is 41.0 Å². The van der Waals surface area contributed by atoms with E-state index in [4.69, 9.17) is 0 Å². The maximum atomic E-state index is 4.12. The van der Waals surface area contributed by atoms with E-state index in [2.05, 4.69) is 20.4 Å². The van der Waals surface area contributed by atoms with Crippen LogP contribution in [0.5, 0.6) is 0 Å². The van der Waals surface area contributed by atoms with Gasteiger partial charge in [-0.3, -0.25) is 0 Å². The van der Waals surface area contributed by atoms with E-state index in [1.807, 2.05) is 19.2 Å². The van der Waals surface area contributed by atoms with Gasteiger partial charge in [-0.1, -0.05) is 0 Å². The first-order chi connectivity index (χ1) is 6.90. The van der Waals surface area contributed by atoms with Crippen LogP contribution in [0.3, 0.4) is 0 Å². The van der Waals surface area contributed by atoms with Gasteiger partial charge in [-0.05, 0) is 32.0 Å². The molecule has 1 unspecified atom stereocenters. The van der Waals surface area contributed by atoms with Crippen LogP contribution in [-0.4, -0.2) is 36.4 Å². The molecule has 1 aromatic rings. The zero-order chi connectivity index (χ0) is 9.80. The van der Waals surface area contributed by atoms with Crippen molar-refractivity contribution in [3.63, 3.8) is 0 Å². The van der Waals surface area contributed by atoms with Crippen LogP contribution in [-0.2, 0) is 0 Å². The lowest BCUT2D eigenvalue weighted by atomic mass is 10.1. The first-order valence-corrected chi connectivity index (χ1v) is 5.10. The van der Waals surface area contributed by atoms with Gasteiger partial charge >= 0.3 is 0 Å². The summed E-state index contributed by atoms with van der Waals surface area (Å²) in [5.41, 5.74) is 0.